The lowest BCUT2D eigenvalue weighted by Crippen LogP contribution is -2.30. The highest BCUT2D eigenvalue weighted by molar-refractivity contribution is 6.34. The summed E-state index contributed by atoms with van der Waals surface area (Å²) in [4.78, 5) is 14.2. The lowest BCUT2D eigenvalue weighted by molar-refractivity contribution is -0.129. The van der Waals surface area contributed by atoms with E-state index in [9.17, 15) is 9.18 Å². The van der Waals surface area contributed by atoms with Crippen LogP contribution in [-0.4, -0.2) is 24.0 Å². The van der Waals surface area contributed by atoms with Crippen molar-refractivity contribution in [1.29, 1.82) is 0 Å². The number of aliphatic imine (C=N–C) groups is 1. The minimum Gasteiger partial charge on any atom is -0.475 e. The van der Waals surface area contributed by atoms with Gasteiger partial charge in [0.2, 0.25) is 5.84 Å². The normalized spacial score (nSPS) is 12.0. The van der Waals surface area contributed by atoms with Crippen LogP contribution in [0, 0.1) is 0 Å². The van der Waals surface area contributed by atoms with E-state index >= 15 is 0 Å². The van der Waals surface area contributed by atoms with Crippen molar-refractivity contribution in [2.24, 2.45) is 4.99 Å². The van der Waals surface area contributed by atoms with Gasteiger partial charge in [-0.3, -0.25) is 4.99 Å². The van der Waals surface area contributed by atoms with Crippen LogP contribution in [0.3, 0.4) is 0 Å². The fourth-order valence-corrected chi connectivity index (χ4v) is 0.835. The zero-order valence-corrected chi connectivity index (χ0v) is 9.54. The van der Waals surface area contributed by atoms with Crippen LogP contribution in [0.4, 0.5) is 4.39 Å². The molecule has 0 aromatic carbocycles. The number of allylic oxidation sites excluding steroid dienone is 4. The van der Waals surface area contributed by atoms with Gasteiger partial charge in [-0.25, -0.2) is 9.18 Å². The maximum absolute atomic E-state index is 13.0. The Hall–Kier alpha value is -1.91. The van der Waals surface area contributed by atoms with Crippen molar-refractivity contribution in [3.63, 3.8) is 0 Å². The molecule has 0 saturated carbocycles. The Balaban J connectivity index is 5.09. The Morgan fingerprint density at radius 1 is 1.50 bits per heavy atom. The second-order valence-electron chi connectivity index (χ2n) is 3.15. The molecule has 5 heteroatoms. The average molecular weight is 226 g/mol. The van der Waals surface area contributed by atoms with Gasteiger partial charge in [0.25, 0.3) is 0 Å². The molecule has 0 aliphatic rings. The van der Waals surface area contributed by atoms with Crippen LogP contribution in [0.2, 0.25) is 0 Å². The summed E-state index contributed by atoms with van der Waals surface area (Å²) in [6.07, 6.45) is 2.20. The van der Waals surface area contributed by atoms with Crippen LogP contribution in [0.15, 0.2) is 40.8 Å². The van der Waals surface area contributed by atoms with Crippen molar-refractivity contribution >= 4 is 11.8 Å². The zero-order valence-electron chi connectivity index (χ0n) is 9.54. The molecule has 4 nitrogen and oxygen atoms in total. The summed E-state index contributed by atoms with van der Waals surface area (Å²) in [6.45, 7) is 6.72. The summed E-state index contributed by atoms with van der Waals surface area (Å²) in [5.74, 6) is -2.00. The highest BCUT2D eigenvalue weighted by atomic mass is 19.1. The van der Waals surface area contributed by atoms with Gasteiger partial charge in [0.15, 0.2) is 0 Å². The molecule has 0 aliphatic carbocycles. The number of carboxylic acid groups (broad SMARTS) is 1. The summed E-state index contributed by atoms with van der Waals surface area (Å²) < 4.78 is 13.0. The Morgan fingerprint density at radius 3 is 2.38 bits per heavy atom. The number of rotatable bonds is 3. The number of hydrogen-bond donors (Lipinski definition) is 2. The number of aliphatic carboxylic acids is 1. The van der Waals surface area contributed by atoms with Crippen molar-refractivity contribution in [2.45, 2.75) is 13.8 Å². The summed E-state index contributed by atoms with van der Waals surface area (Å²) >= 11 is 0. The van der Waals surface area contributed by atoms with Gasteiger partial charge < -0.3 is 10.4 Å². The first-order chi connectivity index (χ1) is 7.42. The first-order valence-corrected chi connectivity index (χ1v) is 4.56. The summed E-state index contributed by atoms with van der Waals surface area (Å²) in [5.41, 5.74) is 1.08. The van der Waals surface area contributed by atoms with E-state index in [1.54, 1.807) is 13.8 Å². The van der Waals surface area contributed by atoms with Gasteiger partial charge in [-0.2, -0.15) is 0 Å². The SMILES string of the molecule is C=C/C(F)=C\C(NC(=NC)C(=O)O)=C(C)C. The monoisotopic (exact) mass is 226 g/mol. The number of amidine groups is 1. The minimum atomic E-state index is -1.20. The molecule has 0 heterocycles. The Morgan fingerprint density at radius 2 is 2.06 bits per heavy atom. The van der Waals surface area contributed by atoms with E-state index < -0.39 is 11.8 Å². The molecule has 0 radical (unpaired) electrons. The molecule has 88 valence electrons. The maximum atomic E-state index is 13.0. The van der Waals surface area contributed by atoms with Gasteiger partial charge in [0.05, 0.1) is 0 Å². The lowest BCUT2D eigenvalue weighted by Gasteiger charge is -2.08. The second-order valence-corrected chi connectivity index (χ2v) is 3.15. The zero-order chi connectivity index (χ0) is 12.7. The molecule has 0 atom stereocenters. The molecule has 0 fully saturated rings. The third-order valence-corrected chi connectivity index (χ3v) is 1.70. The van der Waals surface area contributed by atoms with Gasteiger partial charge in [-0.05, 0) is 26.0 Å². The molecule has 0 aromatic heterocycles. The van der Waals surface area contributed by atoms with E-state index in [1.165, 1.54) is 7.05 Å². The van der Waals surface area contributed by atoms with E-state index in [2.05, 4.69) is 16.9 Å². The predicted octanol–water partition coefficient (Wildman–Crippen LogP) is 2.02. The average Bonchev–Trinajstić information content (AvgIpc) is 2.22. The molecule has 0 amide bonds. The first-order valence-electron chi connectivity index (χ1n) is 4.56. The molecule has 0 aliphatic heterocycles. The molecular weight excluding hydrogens is 211 g/mol. The highest BCUT2D eigenvalue weighted by Crippen LogP contribution is 2.07. The predicted molar refractivity (Wildman–Crippen MR) is 61.9 cm³/mol. The van der Waals surface area contributed by atoms with Crippen LogP contribution in [0.25, 0.3) is 0 Å². The molecule has 0 aromatic rings. The maximum Gasteiger partial charge on any atom is 0.371 e. The number of nitrogens with one attached hydrogen (secondary N) is 1. The largest absolute Gasteiger partial charge is 0.475 e. The number of carboxylic acids is 1. The highest BCUT2D eigenvalue weighted by Gasteiger charge is 2.09. The van der Waals surface area contributed by atoms with Crippen molar-refractivity contribution in [3.8, 4) is 0 Å². The molecule has 0 saturated heterocycles. The standard InChI is InChI=1S/C11H15FN2O2/c1-5-8(12)6-9(7(2)3)14-10(13-4)11(15)16/h5-6H,1H2,2-4H3,(H,13,14)(H,15,16)/b8-6+. The summed E-state index contributed by atoms with van der Waals surface area (Å²) in [7, 11) is 1.34. The van der Waals surface area contributed by atoms with Crippen LogP contribution >= 0.6 is 0 Å². The lowest BCUT2D eigenvalue weighted by atomic mass is 10.2. The van der Waals surface area contributed by atoms with Crippen LogP contribution in [-0.2, 0) is 4.79 Å². The molecular formula is C11H15FN2O2. The fraction of sp³-hybridized carbons (Fsp3) is 0.273. The summed E-state index contributed by atoms with van der Waals surface area (Å²) in [5, 5.41) is 11.3. The first kappa shape index (κ1) is 14.1. The Labute approximate surface area is 93.9 Å². The van der Waals surface area contributed by atoms with E-state index in [-0.39, 0.29) is 5.84 Å². The van der Waals surface area contributed by atoms with Gasteiger partial charge in [-0.15, -0.1) is 0 Å². The number of nitrogens with zero attached hydrogens (tertiary/aromatic N) is 1. The van der Waals surface area contributed by atoms with E-state index in [0.29, 0.717) is 5.70 Å². The Bertz CT molecular complexity index is 377. The van der Waals surface area contributed by atoms with Crippen LogP contribution < -0.4 is 5.32 Å². The van der Waals surface area contributed by atoms with Gasteiger partial charge in [-0.1, -0.05) is 12.2 Å². The fourth-order valence-electron chi connectivity index (χ4n) is 0.835. The number of halogens is 1. The van der Waals surface area contributed by atoms with E-state index in [4.69, 9.17) is 5.11 Å². The molecule has 0 bridgehead atoms. The minimum absolute atomic E-state index is 0.246. The van der Waals surface area contributed by atoms with Crippen molar-refractivity contribution < 1.29 is 14.3 Å². The topological polar surface area (TPSA) is 61.7 Å². The van der Waals surface area contributed by atoms with Gasteiger partial charge >= 0.3 is 5.97 Å². The van der Waals surface area contributed by atoms with Crippen molar-refractivity contribution in [3.05, 3.63) is 35.8 Å². The Kier molecular flexibility index (Phi) is 5.77. The van der Waals surface area contributed by atoms with Crippen molar-refractivity contribution in [2.75, 3.05) is 7.05 Å². The van der Waals surface area contributed by atoms with Gasteiger partial charge in [0.1, 0.15) is 5.83 Å². The molecule has 0 spiro atoms. The van der Waals surface area contributed by atoms with E-state index in [1.807, 2.05) is 0 Å². The molecule has 16 heavy (non-hydrogen) atoms. The van der Waals surface area contributed by atoms with Gasteiger partial charge in [0, 0.05) is 12.7 Å². The number of hydrogen-bond acceptors (Lipinski definition) is 2. The van der Waals surface area contributed by atoms with Crippen LogP contribution in [0.1, 0.15) is 13.8 Å². The molecule has 2 N–H and O–H groups in total. The molecule has 0 unspecified atom stereocenters. The number of carbonyl (C=O) groups is 1. The molecule has 0 rings (SSSR count). The van der Waals surface area contributed by atoms with Crippen molar-refractivity contribution in [1.82, 2.24) is 5.32 Å². The summed E-state index contributed by atoms with van der Waals surface area (Å²) in [6, 6.07) is 0. The smallest absolute Gasteiger partial charge is 0.371 e. The van der Waals surface area contributed by atoms with Crippen LogP contribution in [0.5, 0.6) is 0 Å². The third-order valence-electron chi connectivity index (χ3n) is 1.70. The third kappa shape index (κ3) is 4.54. The second kappa shape index (κ2) is 6.55. The van der Waals surface area contributed by atoms with E-state index in [0.717, 1.165) is 17.7 Å². The quantitative estimate of drug-likeness (QED) is 0.439.